The second-order valence-corrected chi connectivity index (χ2v) is 6.02. The van der Waals surface area contributed by atoms with Gasteiger partial charge in [-0.25, -0.2) is 4.39 Å². The van der Waals surface area contributed by atoms with E-state index in [2.05, 4.69) is 4.90 Å². The van der Waals surface area contributed by atoms with Crippen LogP contribution in [-0.2, 0) is 6.42 Å². The van der Waals surface area contributed by atoms with Gasteiger partial charge in [-0.2, -0.15) is 0 Å². The number of benzene rings is 1. The summed E-state index contributed by atoms with van der Waals surface area (Å²) in [4.78, 5) is 2.47. The van der Waals surface area contributed by atoms with Crippen LogP contribution in [0.3, 0.4) is 0 Å². The number of rotatable bonds is 3. The molecule has 1 fully saturated rings. The van der Waals surface area contributed by atoms with Gasteiger partial charge in [0.25, 0.3) is 0 Å². The van der Waals surface area contributed by atoms with Crippen LogP contribution in [0.5, 0.6) is 5.75 Å². The highest BCUT2D eigenvalue weighted by Gasteiger charge is 2.39. The van der Waals surface area contributed by atoms with E-state index < -0.39 is 0 Å². The first-order valence-electron chi connectivity index (χ1n) is 7.61. The van der Waals surface area contributed by atoms with Crippen molar-refractivity contribution >= 4 is 0 Å². The Morgan fingerprint density at radius 3 is 2.80 bits per heavy atom. The fraction of sp³-hybridized carbons (Fsp3) is 0.625. The van der Waals surface area contributed by atoms with E-state index in [-0.39, 0.29) is 11.4 Å². The highest BCUT2D eigenvalue weighted by Crippen LogP contribution is 2.39. The predicted molar refractivity (Wildman–Crippen MR) is 77.4 cm³/mol. The number of halogens is 1. The van der Waals surface area contributed by atoms with Gasteiger partial charge in [0.1, 0.15) is 17.2 Å². The zero-order chi connectivity index (χ0) is 14.0. The summed E-state index contributed by atoms with van der Waals surface area (Å²) in [5.41, 5.74) is 6.56. The standard InChI is InChI=1S/C16H23FN2O/c17-14-2-3-15-13(12-14)4-5-16(20-15)6-10-19(11-7-16)9-1-8-18/h2-3,12H,1,4-11,18H2. The molecule has 110 valence electrons. The Balaban J connectivity index is 1.64. The smallest absolute Gasteiger partial charge is 0.123 e. The van der Waals surface area contributed by atoms with Crippen molar-refractivity contribution in [3.05, 3.63) is 29.6 Å². The number of nitrogens with two attached hydrogens (primary N) is 1. The lowest BCUT2D eigenvalue weighted by Crippen LogP contribution is -2.50. The first-order chi connectivity index (χ1) is 9.71. The molecule has 2 aliphatic heterocycles. The second-order valence-electron chi connectivity index (χ2n) is 6.02. The number of aryl methyl sites for hydroxylation is 1. The Morgan fingerprint density at radius 2 is 2.05 bits per heavy atom. The molecule has 3 rings (SSSR count). The summed E-state index contributed by atoms with van der Waals surface area (Å²) in [5, 5.41) is 0. The molecule has 0 atom stereocenters. The summed E-state index contributed by atoms with van der Waals surface area (Å²) in [6.45, 7) is 4.01. The van der Waals surface area contributed by atoms with E-state index in [1.807, 2.05) is 0 Å². The fourth-order valence-electron chi connectivity index (χ4n) is 3.34. The van der Waals surface area contributed by atoms with Gasteiger partial charge in [0.05, 0.1) is 0 Å². The minimum Gasteiger partial charge on any atom is -0.487 e. The Labute approximate surface area is 119 Å². The molecule has 1 aromatic carbocycles. The molecule has 3 nitrogen and oxygen atoms in total. The van der Waals surface area contributed by atoms with Crippen molar-refractivity contribution in [2.75, 3.05) is 26.2 Å². The third kappa shape index (κ3) is 2.81. The number of piperidine rings is 1. The molecule has 4 heteroatoms. The molecule has 0 amide bonds. The summed E-state index contributed by atoms with van der Waals surface area (Å²) in [6.07, 6.45) is 5.13. The molecular weight excluding hydrogens is 255 g/mol. The molecule has 0 radical (unpaired) electrons. The molecule has 0 aromatic heterocycles. The van der Waals surface area contributed by atoms with Gasteiger partial charge in [0.2, 0.25) is 0 Å². The van der Waals surface area contributed by atoms with Crippen LogP contribution in [0.1, 0.15) is 31.2 Å². The molecule has 1 aromatic rings. The molecule has 0 bridgehead atoms. The van der Waals surface area contributed by atoms with Gasteiger partial charge in [-0.05, 0) is 69.0 Å². The Kier molecular flexibility index (Phi) is 3.94. The largest absolute Gasteiger partial charge is 0.487 e. The van der Waals surface area contributed by atoms with Crippen molar-refractivity contribution in [3.63, 3.8) is 0 Å². The molecule has 1 spiro atoms. The monoisotopic (exact) mass is 278 g/mol. The number of likely N-dealkylation sites (tertiary alicyclic amines) is 1. The molecule has 0 saturated carbocycles. The first-order valence-corrected chi connectivity index (χ1v) is 7.61. The van der Waals surface area contributed by atoms with Gasteiger partial charge in [0.15, 0.2) is 0 Å². The van der Waals surface area contributed by atoms with Crippen molar-refractivity contribution in [2.24, 2.45) is 5.73 Å². The van der Waals surface area contributed by atoms with Crippen molar-refractivity contribution in [2.45, 2.75) is 37.7 Å². The second kappa shape index (κ2) is 5.70. The number of ether oxygens (including phenoxy) is 1. The van der Waals surface area contributed by atoms with E-state index in [9.17, 15) is 4.39 Å². The zero-order valence-corrected chi connectivity index (χ0v) is 11.9. The van der Waals surface area contributed by atoms with Crippen LogP contribution >= 0.6 is 0 Å². The Hall–Kier alpha value is -1.13. The van der Waals surface area contributed by atoms with Crippen LogP contribution in [-0.4, -0.2) is 36.7 Å². The Bertz CT molecular complexity index is 470. The van der Waals surface area contributed by atoms with Crippen LogP contribution in [0.15, 0.2) is 18.2 Å². The van der Waals surface area contributed by atoms with Gasteiger partial charge >= 0.3 is 0 Å². The summed E-state index contributed by atoms with van der Waals surface area (Å²) < 4.78 is 19.5. The summed E-state index contributed by atoms with van der Waals surface area (Å²) in [6, 6.07) is 4.89. The third-order valence-corrected chi connectivity index (χ3v) is 4.64. The Morgan fingerprint density at radius 1 is 1.25 bits per heavy atom. The average molecular weight is 278 g/mol. The maximum Gasteiger partial charge on any atom is 0.123 e. The number of fused-ring (bicyclic) bond motifs is 1. The van der Waals surface area contributed by atoms with Crippen molar-refractivity contribution in [1.82, 2.24) is 4.90 Å². The van der Waals surface area contributed by atoms with Crippen LogP contribution in [0, 0.1) is 5.82 Å². The molecule has 2 N–H and O–H groups in total. The fourth-order valence-corrected chi connectivity index (χ4v) is 3.34. The highest BCUT2D eigenvalue weighted by molar-refractivity contribution is 5.36. The number of hydrogen-bond donors (Lipinski definition) is 1. The number of hydrogen-bond acceptors (Lipinski definition) is 3. The maximum atomic E-state index is 13.2. The van der Waals surface area contributed by atoms with Crippen molar-refractivity contribution in [3.8, 4) is 5.75 Å². The minimum atomic E-state index is -0.167. The summed E-state index contributed by atoms with van der Waals surface area (Å²) in [5.74, 6) is 0.716. The van der Waals surface area contributed by atoms with Gasteiger partial charge in [-0.15, -0.1) is 0 Å². The van der Waals surface area contributed by atoms with E-state index in [4.69, 9.17) is 10.5 Å². The van der Waals surface area contributed by atoms with Gasteiger partial charge in [0, 0.05) is 13.1 Å². The number of nitrogens with zero attached hydrogens (tertiary/aromatic N) is 1. The molecule has 0 unspecified atom stereocenters. The summed E-state index contributed by atoms with van der Waals surface area (Å²) >= 11 is 0. The first kappa shape index (κ1) is 13.8. The zero-order valence-electron chi connectivity index (χ0n) is 11.9. The lowest BCUT2D eigenvalue weighted by Gasteiger charge is -2.44. The predicted octanol–water partition coefficient (Wildman–Crippen LogP) is 2.33. The van der Waals surface area contributed by atoms with Crippen LogP contribution < -0.4 is 10.5 Å². The van der Waals surface area contributed by atoms with Gasteiger partial charge in [-0.1, -0.05) is 0 Å². The van der Waals surface area contributed by atoms with Crippen molar-refractivity contribution in [1.29, 1.82) is 0 Å². The molecule has 1 saturated heterocycles. The lowest BCUT2D eigenvalue weighted by atomic mass is 9.83. The topological polar surface area (TPSA) is 38.5 Å². The third-order valence-electron chi connectivity index (χ3n) is 4.64. The van der Waals surface area contributed by atoms with E-state index in [1.165, 1.54) is 6.07 Å². The van der Waals surface area contributed by atoms with E-state index >= 15 is 0 Å². The van der Waals surface area contributed by atoms with Crippen LogP contribution in [0.2, 0.25) is 0 Å². The van der Waals surface area contributed by atoms with E-state index in [0.29, 0.717) is 0 Å². The lowest BCUT2D eigenvalue weighted by molar-refractivity contribution is -0.0145. The van der Waals surface area contributed by atoms with Crippen molar-refractivity contribution < 1.29 is 9.13 Å². The van der Waals surface area contributed by atoms with E-state index in [1.54, 1.807) is 12.1 Å². The quantitative estimate of drug-likeness (QED) is 0.922. The normalized spacial score (nSPS) is 21.5. The molecule has 2 aliphatic rings. The SMILES string of the molecule is NCCCN1CCC2(CCc3cc(F)ccc3O2)CC1. The highest BCUT2D eigenvalue weighted by atomic mass is 19.1. The van der Waals surface area contributed by atoms with Gasteiger partial charge < -0.3 is 15.4 Å². The van der Waals surface area contributed by atoms with Gasteiger partial charge in [-0.3, -0.25) is 0 Å². The maximum absolute atomic E-state index is 13.2. The molecular formula is C16H23FN2O. The van der Waals surface area contributed by atoms with Crippen LogP contribution in [0.4, 0.5) is 4.39 Å². The molecule has 2 heterocycles. The average Bonchev–Trinajstić information content (AvgIpc) is 2.47. The molecule has 20 heavy (non-hydrogen) atoms. The molecule has 0 aliphatic carbocycles. The minimum absolute atomic E-state index is 0.0238. The van der Waals surface area contributed by atoms with E-state index in [0.717, 1.165) is 69.6 Å². The summed E-state index contributed by atoms with van der Waals surface area (Å²) in [7, 11) is 0. The van der Waals surface area contributed by atoms with Crippen LogP contribution in [0.25, 0.3) is 0 Å².